The molecule has 0 aliphatic heterocycles. The number of aromatic nitrogens is 3. The zero-order valence-corrected chi connectivity index (χ0v) is 33.9. The van der Waals surface area contributed by atoms with Gasteiger partial charge in [0.15, 0.2) is 0 Å². The summed E-state index contributed by atoms with van der Waals surface area (Å²) in [5.74, 6) is -0.842. The van der Waals surface area contributed by atoms with Crippen molar-refractivity contribution in [1.82, 2.24) is 15.0 Å². The molecule has 6 rings (SSSR count). The third-order valence-electron chi connectivity index (χ3n) is 7.49. The van der Waals surface area contributed by atoms with Crippen LogP contribution in [0.25, 0.3) is 42.8 Å². The van der Waals surface area contributed by atoms with Crippen LogP contribution in [-0.4, -0.2) is 23.0 Å². The Balaban J connectivity index is 0.000000244. The van der Waals surface area contributed by atoms with Crippen LogP contribution in [0.4, 0.5) is 0 Å². The van der Waals surface area contributed by atoms with Crippen LogP contribution in [0.3, 0.4) is 0 Å². The second-order valence-electron chi connectivity index (χ2n) is 14.5. The van der Waals surface area contributed by atoms with Crippen molar-refractivity contribution < 1.29 is 27.0 Å². The van der Waals surface area contributed by atoms with E-state index in [4.69, 9.17) is 11.8 Å². The van der Waals surface area contributed by atoms with Crippen molar-refractivity contribution in [2.45, 2.75) is 86.7 Å². The molecule has 0 unspecified atom stereocenters. The summed E-state index contributed by atoms with van der Waals surface area (Å²) in [6.45, 7) is 20.0. The van der Waals surface area contributed by atoms with Gasteiger partial charge >= 0.3 is 0 Å². The molecule has 3 nitrogen and oxygen atoms in total. The molecule has 48 heavy (non-hydrogen) atoms. The van der Waals surface area contributed by atoms with E-state index in [1.165, 1.54) is 0 Å². The molecule has 6 heteroatoms. The van der Waals surface area contributed by atoms with Crippen LogP contribution in [0.1, 0.15) is 78.0 Å². The minimum atomic E-state index is -1.67. The van der Waals surface area contributed by atoms with Crippen LogP contribution in [0.2, 0.25) is 19.6 Å². The van der Waals surface area contributed by atoms with Crippen molar-refractivity contribution in [3.05, 3.63) is 108 Å². The SMILES string of the molecule is [2H]C(C)(C)c1ccc2c(n1)sc1c(-c3cc(C([2H])([2H])C(C)(C)C)ccn3)[c-]ccc12.[2H]C([2H])(c1cc(-c2[c-]cccc2)ncc1[Si](C)(C)C)C(C)C.[Ir]. The van der Waals surface area contributed by atoms with E-state index in [1.807, 2.05) is 115 Å². The second-order valence-corrected chi connectivity index (χ2v) is 20.5. The first kappa shape index (κ1) is 31.0. The fourth-order valence-electron chi connectivity index (χ4n) is 5.35. The number of pyridine rings is 3. The second kappa shape index (κ2) is 15.7. The molecule has 0 amide bonds. The Morgan fingerprint density at radius 3 is 2.31 bits per heavy atom. The number of nitrogens with zero attached hydrogens (tertiary/aromatic N) is 3. The summed E-state index contributed by atoms with van der Waals surface area (Å²) in [5, 5.41) is 3.24. The van der Waals surface area contributed by atoms with Gasteiger partial charge in [0, 0.05) is 45.0 Å². The van der Waals surface area contributed by atoms with Gasteiger partial charge in [-0.3, -0.25) is 0 Å². The Bertz CT molecular complexity index is 2200. The zero-order chi connectivity index (χ0) is 38.4. The molecule has 0 aliphatic rings. The van der Waals surface area contributed by atoms with Gasteiger partial charge in [0.2, 0.25) is 0 Å². The summed E-state index contributed by atoms with van der Waals surface area (Å²) in [5.41, 5.74) is 4.88. The van der Waals surface area contributed by atoms with E-state index in [0.29, 0.717) is 11.3 Å². The smallest absolute Gasteiger partial charge is 0.114 e. The van der Waals surface area contributed by atoms with Gasteiger partial charge in [-0.15, -0.1) is 59.7 Å². The van der Waals surface area contributed by atoms with Crippen LogP contribution in [0.15, 0.2) is 79.1 Å². The molecule has 0 atom stereocenters. The third kappa shape index (κ3) is 9.35. The van der Waals surface area contributed by atoms with E-state index in [1.54, 1.807) is 23.6 Å². The molecule has 4 aromatic heterocycles. The van der Waals surface area contributed by atoms with Crippen molar-refractivity contribution in [1.29, 1.82) is 0 Å². The maximum atomic E-state index is 8.61. The average molecular weight is 853 g/mol. The van der Waals surface area contributed by atoms with Gasteiger partial charge in [-0.05, 0) is 68.8 Å². The molecule has 0 spiro atoms. The van der Waals surface area contributed by atoms with Crippen LogP contribution in [0.5, 0.6) is 0 Å². The molecule has 0 saturated carbocycles. The number of hydrogen-bond donors (Lipinski definition) is 0. The van der Waals surface area contributed by atoms with Crippen LogP contribution >= 0.6 is 11.3 Å². The predicted octanol–water partition coefficient (Wildman–Crippen LogP) is 11.3. The largest absolute Gasteiger partial charge is 0.305 e. The van der Waals surface area contributed by atoms with Crippen LogP contribution in [0, 0.1) is 23.5 Å². The summed E-state index contributed by atoms with van der Waals surface area (Å²) < 4.78 is 43.6. The molecule has 2 aromatic carbocycles. The maximum Gasteiger partial charge on any atom is 0.114 e. The number of fused-ring (bicyclic) bond motifs is 3. The number of thiophene rings is 1. The summed E-state index contributed by atoms with van der Waals surface area (Å²) in [4.78, 5) is 14.8. The molecule has 0 bridgehead atoms. The van der Waals surface area contributed by atoms with Gasteiger partial charge < -0.3 is 9.97 Å². The van der Waals surface area contributed by atoms with Gasteiger partial charge in [-0.1, -0.05) is 103 Å². The normalized spacial score (nSPS) is 14.3. The van der Waals surface area contributed by atoms with Crippen molar-refractivity contribution in [2.24, 2.45) is 11.3 Å². The van der Waals surface area contributed by atoms with Crippen LogP contribution in [-0.2, 0) is 32.9 Å². The first-order valence-corrected chi connectivity index (χ1v) is 20.5. The minimum Gasteiger partial charge on any atom is -0.305 e. The zero-order valence-electron chi connectivity index (χ0n) is 34.7. The topological polar surface area (TPSA) is 38.7 Å². The van der Waals surface area contributed by atoms with E-state index in [0.717, 1.165) is 53.6 Å². The maximum absolute atomic E-state index is 8.61. The standard InChI is InChI=1S/C24H25N2S.C18H24NSi.Ir/c1-15(2)20-10-9-18-17-7-6-8-19(22(17)27-23(18)26-20)21-13-16(11-12-25-21)14-24(3,4)5;1-14(2)11-16-12-17(15-9-7-6-8-10-15)19-13-18(16)20(3,4)5;/h6-7,9-13,15H,14H2,1-5H3;6-9,12-14H,11H2,1-5H3;/q2*-1;/i14D2,15D;11D2;. The van der Waals surface area contributed by atoms with E-state index >= 15 is 0 Å². The van der Waals surface area contributed by atoms with Crippen LogP contribution < -0.4 is 5.19 Å². The van der Waals surface area contributed by atoms with Crippen molar-refractivity contribution in [3.63, 3.8) is 0 Å². The minimum absolute atomic E-state index is 0. The fraction of sp³-hybridized carbons (Fsp3) is 0.357. The predicted molar refractivity (Wildman–Crippen MR) is 206 cm³/mol. The number of rotatable bonds is 7. The summed E-state index contributed by atoms with van der Waals surface area (Å²) in [6.07, 6.45) is 0.710. The first-order chi connectivity index (χ1) is 24.0. The fourth-order valence-corrected chi connectivity index (χ4v) is 7.94. The Kier molecular flexibility index (Phi) is 10.1. The van der Waals surface area contributed by atoms with Crippen molar-refractivity contribution in [3.8, 4) is 22.5 Å². The van der Waals surface area contributed by atoms with E-state index in [-0.39, 0.29) is 26.0 Å². The van der Waals surface area contributed by atoms with Gasteiger partial charge in [-0.25, -0.2) is 4.98 Å². The molecule has 0 aliphatic carbocycles. The Morgan fingerprint density at radius 2 is 1.67 bits per heavy atom. The molecule has 0 fully saturated rings. The molecule has 4 heterocycles. The number of benzene rings is 2. The van der Waals surface area contributed by atoms with Gasteiger partial charge in [-0.2, -0.15) is 11.3 Å². The Labute approximate surface area is 314 Å². The molecular formula is C42H49IrN3SSi-2. The Hall–Kier alpha value is -3.02. The van der Waals surface area contributed by atoms with Crippen molar-refractivity contribution in [2.75, 3.05) is 0 Å². The van der Waals surface area contributed by atoms with E-state index in [9.17, 15) is 0 Å². The monoisotopic (exact) mass is 853 g/mol. The molecule has 1 radical (unpaired) electrons. The molecule has 0 N–H and O–H groups in total. The summed E-state index contributed by atoms with van der Waals surface area (Å²) >= 11 is 1.57. The molecular weight excluding hydrogens is 799 g/mol. The summed E-state index contributed by atoms with van der Waals surface area (Å²) in [6, 6.07) is 27.6. The third-order valence-corrected chi connectivity index (χ3v) is 10.6. The molecule has 253 valence electrons. The Morgan fingerprint density at radius 1 is 0.896 bits per heavy atom. The number of hydrogen-bond acceptors (Lipinski definition) is 4. The first-order valence-electron chi connectivity index (χ1n) is 18.7. The average Bonchev–Trinajstić information content (AvgIpc) is 3.46. The quantitative estimate of drug-likeness (QED) is 0.119. The van der Waals surface area contributed by atoms with E-state index < -0.39 is 32.1 Å². The van der Waals surface area contributed by atoms with Gasteiger partial charge in [0.1, 0.15) is 4.83 Å². The van der Waals surface area contributed by atoms with Gasteiger partial charge in [0.05, 0.1) is 8.07 Å². The van der Waals surface area contributed by atoms with E-state index in [2.05, 4.69) is 41.7 Å². The molecule has 0 saturated heterocycles. The summed E-state index contributed by atoms with van der Waals surface area (Å²) in [7, 11) is -1.67. The van der Waals surface area contributed by atoms with Gasteiger partial charge in [0.25, 0.3) is 0 Å². The molecule has 6 aromatic rings. The van der Waals surface area contributed by atoms with Crippen molar-refractivity contribution >= 4 is 44.9 Å².